The van der Waals surface area contributed by atoms with Gasteiger partial charge in [-0.1, -0.05) is 12.1 Å². The number of likely N-dealkylation sites (tertiary alicyclic amines) is 1. The van der Waals surface area contributed by atoms with E-state index in [-0.39, 0.29) is 29.2 Å². The van der Waals surface area contributed by atoms with Gasteiger partial charge in [-0.05, 0) is 56.5 Å². The Labute approximate surface area is 177 Å². The molecule has 1 aliphatic heterocycles. The van der Waals surface area contributed by atoms with Crippen LogP contribution >= 0.6 is 0 Å². The molecule has 0 saturated carbocycles. The van der Waals surface area contributed by atoms with Gasteiger partial charge in [0.05, 0.1) is 11.6 Å². The maximum atomic E-state index is 13.1. The Kier molecular flexibility index (Phi) is 6.39. The van der Waals surface area contributed by atoms with Crippen LogP contribution in [0, 0.1) is 5.82 Å². The first kappa shape index (κ1) is 21.7. The molecule has 0 unspecified atom stereocenters. The molecule has 0 radical (unpaired) electrons. The van der Waals surface area contributed by atoms with Crippen molar-refractivity contribution >= 4 is 17.6 Å². The van der Waals surface area contributed by atoms with Gasteiger partial charge >= 0.3 is 0 Å². The Balaban J connectivity index is 1.59. The minimum absolute atomic E-state index is 0.00893. The predicted octanol–water partition coefficient (Wildman–Crippen LogP) is 3.35. The average Bonchev–Trinajstić information content (AvgIpc) is 3.18. The number of amides is 2. The molecule has 1 aliphatic rings. The SMILES string of the molecule is CC(=O)N(C)[C@H]1CCN(C(=O)c2ccc(NC(C)(C)Cc3ccc(F)cc3)nc2)C1. The molecule has 160 valence electrons. The van der Waals surface area contributed by atoms with Crippen LogP contribution in [-0.4, -0.2) is 58.3 Å². The molecule has 0 bridgehead atoms. The molecule has 1 N–H and O–H groups in total. The number of nitrogens with one attached hydrogen (secondary N) is 1. The third kappa shape index (κ3) is 5.34. The van der Waals surface area contributed by atoms with E-state index in [1.54, 1.807) is 47.3 Å². The van der Waals surface area contributed by atoms with Crippen LogP contribution in [-0.2, 0) is 11.2 Å². The van der Waals surface area contributed by atoms with Crippen molar-refractivity contribution in [2.75, 3.05) is 25.5 Å². The summed E-state index contributed by atoms with van der Waals surface area (Å²) in [5, 5.41) is 3.38. The Morgan fingerprint density at radius 3 is 2.53 bits per heavy atom. The van der Waals surface area contributed by atoms with Crippen molar-refractivity contribution in [2.45, 2.75) is 45.2 Å². The number of likely N-dealkylation sites (N-methyl/N-ethyl adjacent to an activating group) is 1. The van der Waals surface area contributed by atoms with Crippen molar-refractivity contribution in [1.29, 1.82) is 0 Å². The van der Waals surface area contributed by atoms with Gasteiger partial charge in [0.25, 0.3) is 5.91 Å². The van der Waals surface area contributed by atoms with Crippen LogP contribution in [0.3, 0.4) is 0 Å². The zero-order chi connectivity index (χ0) is 21.9. The molecule has 3 rings (SSSR count). The van der Waals surface area contributed by atoms with E-state index >= 15 is 0 Å². The average molecular weight is 413 g/mol. The quantitative estimate of drug-likeness (QED) is 0.790. The summed E-state index contributed by atoms with van der Waals surface area (Å²) in [6.07, 6.45) is 3.07. The summed E-state index contributed by atoms with van der Waals surface area (Å²) in [7, 11) is 1.77. The molecule has 7 heteroatoms. The number of aromatic nitrogens is 1. The van der Waals surface area contributed by atoms with Crippen molar-refractivity contribution in [3.63, 3.8) is 0 Å². The second-order valence-corrected chi connectivity index (χ2v) is 8.57. The van der Waals surface area contributed by atoms with E-state index in [0.29, 0.717) is 30.9 Å². The van der Waals surface area contributed by atoms with Crippen molar-refractivity contribution in [3.05, 3.63) is 59.5 Å². The van der Waals surface area contributed by atoms with Gasteiger partial charge in [-0.25, -0.2) is 9.37 Å². The summed E-state index contributed by atoms with van der Waals surface area (Å²) in [6.45, 7) is 6.81. The van der Waals surface area contributed by atoms with Gasteiger partial charge in [-0.2, -0.15) is 0 Å². The largest absolute Gasteiger partial charge is 0.365 e. The number of carbonyl (C=O) groups excluding carboxylic acids is 2. The number of carbonyl (C=O) groups is 2. The second-order valence-electron chi connectivity index (χ2n) is 8.57. The summed E-state index contributed by atoms with van der Waals surface area (Å²) in [5.41, 5.74) is 1.26. The van der Waals surface area contributed by atoms with E-state index in [2.05, 4.69) is 10.3 Å². The topological polar surface area (TPSA) is 65.5 Å². The van der Waals surface area contributed by atoms with Crippen LogP contribution in [0.25, 0.3) is 0 Å². The van der Waals surface area contributed by atoms with Crippen LogP contribution in [0.2, 0.25) is 0 Å². The minimum Gasteiger partial charge on any atom is -0.365 e. The highest BCUT2D eigenvalue weighted by Crippen LogP contribution is 2.21. The van der Waals surface area contributed by atoms with Crippen LogP contribution in [0.1, 0.15) is 43.1 Å². The lowest BCUT2D eigenvalue weighted by Gasteiger charge is -2.27. The second kappa shape index (κ2) is 8.81. The molecule has 6 nitrogen and oxygen atoms in total. The fourth-order valence-electron chi connectivity index (χ4n) is 3.78. The normalized spacial score (nSPS) is 16.4. The number of nitrogens with zero attached hydrogens (tertiary/aromatic N) is 3. The number of hydrogen-bond donors (Lipinski definition) is 1. The summed E-state index contributed by atoms with van der Waals surface area (Å²) in [6, 6.07) is 10.1. The molecule has 1 saturated heterocycles. The summed E-state index contributed by atoms with van der Waals surface area (Å²) in [5.74, 6) is 0.367. The molecule has 30 heavy (non-hydrogen) atoms. The molecule has 1 fully saturated rings. The van der Waals surface area contributed by atoms with Gasteiger partial charge in [0.2, 0.25) is 5.91 Å². The summed E-state index contributed by atoms with van der Waals surface area (Å²) in [4.78, 5) is 32.2. The molecule has 0 aliphatic carbocycles. The Hall–Kier alpha value is -2.96. The van der Waals surface area contributed by atoms with Crippen LogP contribution < -0.4 is 5.32 Å². The van der Waals surface area contributed by atoms with Crippen LogP contribution in [0.15, 0.2) is 42.6 Å². The minimum atomic E-state index is -0.296. The Morgan fingerprint density at radius 2 is 1.93 bits per heavy atom. The van der Waals surface area contributed by atoms with Crippen molar-refractivity contribution < 1.29 is 14.0 Å². The highest BCUT2D eigenvalue weighted by molar-refractivity contribution is 5.94. The van der Waals surface area contributed by atoms with Gasteiger partial charge in [-0.15, -0.1) is 0 Å². The Morgan fingerprint density at radius 1 is 1.23 bits per heavy atom. The molecule has 2 heterocycles. The monoisotopic (exact) mass is 412 g/mol. The highest BCUT2D eigenvalue weighted by atomic mass is 19.1. The van der Waals surface area contributed by atoms with Gasteiger partial charge in [0.15, 0.2) is 0 Å². The van der Waals surface area contributed by atoms with Gasteiger partial charge in [-0.3, -0.25) is 9.59 Å². The van der Waals surface area contributed by atoms with Crippen molar-refractivity contribution in [2.24, 2.45) is 0 Å². The third-order valence-electron chi connectivity index (χ3n) is 5.53. The van der Waals surface area contributed by atoms with Crippen LogP contribution in [0.5, 0.6) is 0 Å². The van der Waals surface area contributed by atoms with Crippen molar-refractivity contribution in [3.8, 4) is 0 Å². The zero-order valence-electron chi connectivity index (χ0n) is 18.0. The van der Waals surface area contributed by atoms with E-state index in [1.165, 1.54) is 19.1 Å². The van der Waals surface area contributed by atoms with Crippen LogP contribution in [0.4, 0.5) is 10.2 Å². The van der Waals surface area contributed by atoms with E-state index in [9.17, 15) is 14.0 Å². The lowest BCUT2D eigenvalue weighted by molar-refractivity contribution is -0.129. The smallest absolute Gasteiger partial charge is 0.255 e. The zero-order valence-corrected chi connectivity index (χ0v) is 18.0. The standard InChI is InChI=1S/C23H29FN4O2/c1-16(29)27(4)20-11-12-28(15-20)22(30)18-7-10-21(25-14-18)26-23(2,3)13-17-5-8-19(24)9-6-17/h5-10,14,20H,11-13,15H2,1-4H3,(H,25,26)/t20-/m0/s1. The van der Waals surface area contributed by atoms with Gasteiger partial charge in [0, 0.05) is 38.8 Å². The number of hydrogen-bond acceptors (Lipinski definition) is 4. The molecule has 2 aromatic rings. The first-order valence-electron chi connectivity index (χ1n) is 10.2. The predicted molar refractivity (Wildman–Crippen MR) is 115 cm³/mol. The summed E-state index contributed by atoms with van der Waals surface area (Å²) < 4.78 is 13.1. The van der Waals surface area contributed by atoms with E-state index in [4.69, 9.17) is 0 Å². The number of halogens is 1. The maximum Gasteiger partial charge on any atom is 0.255 e. The molecule has 1 aromatic carbocycles. The number of pyridine rings is 1. The molecule has 2 amide bonds. The van der Waals surface area contributed by atoms with E-state index in [0.717, 1.165) is 12.0 Å². The highest BCUT2D eigenvalue weighted by Gasteiger charge is 2.30. The lowest BCUT2D eigenvalue weighted by Crippen LogP contribution is -2.39. The maximum absolute atomic E-state index is 13.1. The molecular weight excluding hydrogens is 383 g/mol. The number of anilines is 1. The number of rotatable bonds is 6. The third-order valence-corrected chi connectivity index (χ3v) is 5.53. The van der Waals surface area contributed by atoms with Gasteiger partial charge < -0.3 is 15.1 Å². The molecule has 1 aromatic heterocycles. The Bertz CT molecular complexity index is 896. The fourth-order valence-corrected chi connectivity index (χ4v) is 3.78. The van der Waals surface area contributed by atoms with Crippen molar-refractivity contribution in [1.82, 2.24) is 14.8 Å². The van der Waals surface area contributed by atoms with Gasteiger partial charge in [0.1, 0.15) is 11.6 Å². The van der Waals surface area contributed by atoms with E-state index < -0.39 is 0 Å². The molecular formula is C23H29FN4O2. The fraction of sp³-hybridized carbons (Fsp3) is 0.435. The summed E-state index contributed by atoms with van der Waals surface area (Å²) >= 11 is 0. The first-order chi connectivity index (χ1) is 14.1. The first-order valence-corrected chi connectivity index (χ1v) is 10.2. The molecule has 0 spiro atoms. The van der Waals surface area contributed by atoms with E-state index in [1.807, 2.05) is 13.8 Å². The lowest BCUT2D eigenvalue weighted by atomic mass is 9.95. The molecule has 1 atom stereocenters. The number of benzene rings is 1.